The molecule has 2 atom stereocenters. The van der Waals surface area contributed by atoms with Gasteiger partial charge in [-0.25, -0.2) is 18.9 Å². The van der Waals surface area contributed by atoms with Gasteiger partial charge in [0.2, 0.25) is 11.8 Å². The first kappa shape index (κ1) is 36.1. The molecule has 286 valence electrons. The highest BCUT2D eigenvalue weighted by molar-refractivity contribution is 9.10. The first-order valence-electron chi connectivity index (χ1n) is 19.0. The van der Waals surface area contributed by atoms with E-state index in [4.69, 9.17) is 10.1 Å². The fourth-order valence-corrected chi connectivity index (χ4v) is 9.09. The predicted molar refractivity (Wildman–Crippen MR) is 209 cm³/mol. The molecule has 4 aliphatic heterocycles. The molecule has 3 saturated heterocycles. The van der Waals surface area contributed by atoms with Crippen LogP contribution >= 0.6 is 15.9 Å². The van der Waals surface area contributed by atoms with E-state index in [1.807, 2.05) is 40.9 Å². The van der Waals surface area contributed by atoms with Crippen LogP contribution in [-0.2, 0) is 16.1 Å². The van der Waals surface area contributed by atoms with Crippen LogP contribution in [0.25, 0.3) is 17.0 Å². The highest BCUT2D eigenvalue weighted by Crippen LogP contribution is 2.37. The molecule has 56 heavy (non-hydrogen) atoms. The predicted octanol–water partition coefficient (Wildman–Crippen LogP) is 5.54. The topological polar surface area (TPSA) is 136 Å². The van der Waals surface area contributed by atoms with Crippen LogP contribution in [-0.4, -0.2) is 91.8 Å². The Balaban J connectivity index is 0.868. The van der Waals surface area contributed by atoms with Gasteiger partial charge in [0.05, 0.1) is 29.1 Å². The minimum Gasteiger partial charge on any atom is -0.356 e. The lowest BCUT2D eigenvalue weighted by atomic mass is 10.0. The molecule has 0 saturated carbocycles. The van der Waals surface area contributed by atoms with E-state index in [0.29, 0.717) is 11.0 Å². The van der Waals surface area contributed by atoms with Gasteiger partial charge in [0.1, 0.15) is 29.2 Å². The number of halogens is 2. The van der Waals surface area contributed by atoms with Gasteiger partial charge in [-0.1, -0.05) is 34.1 Å². The number of piperidine rings is 2. The molecule has 7 heterocycles. The third-order valence-electron chi connectivity index (χ3n) is 11.6. The van der Waals surface area contributed by atoms with Crippen LogP contribution in [0.15, 0.2) is 77.4 Å². The number of nitrogens with one attached hydrogen (secondary N) is 1. The van der Waals surface area contributed by atoms with Crippen molar-refractivity contribution in [1.29, 1.82) is 0 Å². The molecule has 4 aliphatic rings. The number of imidazole rings is 1. The maximum absolute atomic E-state index is 14.1. The fourth-order valence-electron chi connectivity index (χ4n) is 8.62. The summed E-state index contributed by atoms with van der Waals surface area (Å²) in [6, 6.07) is 19.5. The fraction of sp³-hybridized carbons (Fsp3) is 0.341. The van der Waals surface area contributed by atoms with Crippen LogP contribution < -0.4 is 15.1 Å². The number of rotatable bonds is 8. The zero-order valence-electron chi connectivity index (χ0n) is 30.7. The smallest absolute Gasteiger partial charge is 0.262 e. The van der Waals surface area contributed by atoms with Gasteiger partial charge in [0.15, 0.2) is 5.65 Å². The molecule has 2 aromatic carbocycles. The Labute approximate surface area is 330 Å². The number of anilines is 2. The van der Waals surface area contributed by atoms with Crippen LogP contribution in [0.2, 0.25) is 0 Å². The number of imide groups is 2. The maximum Gasteiger partial charge on any atom is 0.262 e. The number of nitrogens with zero attached hydrogens (tertiary/aromatic N) is 8. The Morgan fingerprint density at radius 2 is 1.66 bits per heavy atom. The number of benzene rings is 2. The van der Waals surface area contributed by atoms with Gasteiger partial charge in [-0.15, -0.1) is 5.10 Å². The molecule has 1 N–H and O–H groups in total. The summed E-state index contributed by atoms with van der Waals surface area (Å²) in [5.41, 5.74) is 4.63. The summed E-state index contributed by atoms with van der Waals surface area (Å²) in [5, 5.41) is 7.26. The summed E-state index contributed by atoms with van der Waals surface area (Å²) in [6.45, 7) is 2.99. The molecule has 9 rings (SSSR count). The number of fused-ring (bicyclic) bond motifs is 2. The third kappa shape index (κ3) is 6.51. The number of aromatic nitrogens is 4. The molecule has 3 fully saturated rings. The molecule has 1 unspecified atom stereocenters. The van der Waals surface area contributed by atoms with Gasteiger partial charge >= 0.3 is 0 Å². The minimum absolute atomic E-state index is 0.0497. The maximum atomic E-state index is 14.1. The van der Waals surface area contributed by atoms with Crippen molar-refractivity contribution in [3.63, 3.8) is 0 Å². The zero-order valence-corrected chi connectivity index (χ0v) is 32.3. The number of carbonyl (C=O) groups excluding carboxylic acids is 4. The van der Waals surface area contributed by atoms with E-state index in [0.717, 1.165) is 90.0 Å². The van der Waals surface area contributed by atoms with Crippen LogP contribution in [0.4, 0.5) is 16.0 Å². The Morgan fingerprint density at radius 3 is 2.45 bits per heavy atom. The Morgan fingerprint density at radius 1 is 0.875 bits per heavy atom. The minimum atomic E-state index is -1.00. The SMILES string of the molecule is CN(Cc1cc2c(cc1Br)C(=O)N(C1CCC(=O)NC1=O)C2=O)C1CCN(c2cccc(-c3cnc4ccc(N5CCC[C@@H]5c5cccc(F)c5)nn34)n2)CC1. The quantitative estimate of drug-likeness (QED) is 0.199. The second-order valence-electron chi connectivity index (χ2n) is 15.0. The van der Waals surface area contributed by atoms with E-state index in [2.05, 4.69) is 48.0 Å². The van der Waals surface area contributed by atoms with E-state index in [-0.39, 0.29) is 41.9 Å². The molecule has 4 amide bonds. The molecule has 15 heteroatoms. The van der Waals surface area contributed by atoms with Crippen molar-refractivity contribution in [3.05, 3.63) is 105 Å². The lowest BCUT2D eigenvalue weighted by molar-refractivity contribution is -0.136. The van der Waals surface area contributed by atoms with E-state index < -0.39 is 29.7 Å². The standard InChI is InChI=1S/C41H39BrFN9O4/c1-48(23-25-20-28-29(21-30(25)42)41(56)51(40(28)55)33-10-13-38(53)46-39(33)54)27-14-17-49(18-15-27)36-9-3-7-31(45-36)34-22-44-35-11-12-37(47-52(34)35)50-16-4-8-32(50)24-5-2-6-26(43)19-24/h2-3,5-7,9,11-12,19-22,27,32-33H,4,8,10,13-18,23H2,1H3,(H,46,53,54)/t32-,33?/m1/s1. The van der Waals surface area contributed by atoms with Gasteiger partial charge in [0, 0.05) is 43.1 Å². The van der Waals surface area contributed by atoms with Crippen molar-refractivity contribution in [2.24, 2.45) is 0 Å². The van der Waals surface area contributed by atoms with E-state index in [9.17, 15) is 23.6 Å². The van der Waals surface area contributed by atoms with Crippen molar-refractivity contribution >= 4 is 56.8 Å². The number of pyridine rings is 1. The van der Waals surface area contributed by atoms with Crippen molar-refractivity contribution in [2.45, 2.75) is 63.2 Å². The Bertz CT molecular complexity index is 2410. The Hall–Kier alpha value is -5.54. The van der Waals surface area contributed by atoms with Crippen molar-refractivity contribution in [1.82, 2.24) is 34.7 Å². The highest BCUT2D eigenvalue weighted by Gasteiger charge is 2.45. The van der Waals surface area contributed by atoms with Gasteiger partial charge < -0.3 is 9.80 Å². The second kappa shape index (κ2) is 14.5. The first-order valence-corrected chi connectivity index (χ1v) is 19.8. The monoisotopic (exact) mass is 819 g/mol. The van der Waals surface area contributed by atoms with Crippen LogP contribution in [0.5, 0.6) is 0 Å². The number of hydrogen-bond donors (Lipinski definition) is 1. The molecular formula is C41H39BrFN9O4. The van der Waals surface area contributed by atoms with Crippen LogP contribution in [0, 0.1) is 5.82 Å². The van der Waals surface area contributed by atoms with Gasteiger partial charge in [-0.2, -0.15) is 0 Å². The molecule has 0 bridgehead atoms. The molecule has 0 radical (unpaired) electrons. The molecule has 5 aromatic rings. The Kier molecular flexibility index (Phi) is 9.36. The normalized spacial score (nSPS) is 20.5. The number of hydrogen-bond acceptors (Lipinski definition) is 10. The average molecular weight is 821 g/mol. The summed E-state index contributed by atoms with van der Waals surface area (Å²) in [4.78, 5) is 68.4. The summed E-state index contributed by atoms with van der Waals surface area (Å²) < 4.78 is 16.7. The van der Waals surface area contributed by atoms with Crippen molar-refractivity contribution < 1.29 is 23.6 Å². The largest absolute Gasteiger partial charge is 0.356 e. The molecule has 3 aromatic heterocycles. The molecule has 0 aliphatic carbocycles. The van der Waals surface area contributed by atoms with Gasteiger partial charge in [0.25, 0.3) is 11.8 Å². The third-order valence-corrected chi connectivity index (χ3v) is 12.3. The number of amides is 4. The molecular weight excluding hydrogens is 781 g/mol. The summed E-state index contributed by atoms with van der Waals surface area (Å²) in [6.07, 6.45) is 5.71. The number of carbonyl (C=O) groups is 4. The highest BCUT2D eigenvalue weighted by atomic mass is 79.9. The van der Waals surface area contributed by atoms with Crippen LogP contribution in [0.1, 0.15) is 76.4 Å². The van der Waals surface area contributed by atoms with E-state index >= 15 is 0 Å². The van der Waals surface area contributed by atoms with Crippen molar-refractivity contribution in [2.75, 3.05) is 36.5 Å². The zero-order chi connectivity index (χ0) is 38.7. The van der Waals surface area contributed by atoms with E-state index in [1.54, 1.807) is 30.5 Å². The summed E-state index contributed by atoms with van der Waals surface area (Å²) in [5.74, 6) is -0.609. The van der Waals surface area contributed by atoms with Crippen molar-refractivity contribution in [3.8, 4) is 11.4 Å². The summed E-state index contributed by atoms with van der Waals surface area (Å²) >= 11 is 3.62. The average Bonchev–Trinajstić information content (AvgIpc) is 3.92. The van der Waals surface area contributed by atoms with Gasteiger partial charge in [-0.05, 0) is 98.8 Å². The van der Waals surface area contributed by atoms with E-state index in [1.165, 1.54) is 6.07 Å². The molecule has 13 nitrogen and oxygen atoms in total. The summed E-state index contributed by atoms with van der Waals surface area (Å²) in [7, 11) is 2.07. The molecule has 0 spiro atoms. The van der Waals surface area contributed by atoms with Gasteiger partial charge in [-0.3, -0.25) is 34.3 Å². The lowest BCUT2D eigenvalue weighted by Gasteiger charge is -2.37. The van der Waals surface area contributed by atoms with Crippen LogP contribution in [0.3, 0.4) is 0 Å². The first-order chi connectivity index (χ1) is 27.1. The second-order valence-corrected chi connectivity index (χ2v) is 15.8. The lowest BCUT2D eigenvalue weighted by Crippen LogP contribution is -2.54.